The van der Waals surface area contributed by atoms with Crippen LogP contribution in [-0.4, -0.2) is 27.9 Å². The first-order valence-electron chi connectivity index (χ1n) is 0.775. The van der Waals surface area contributed by atoms with Crippen LogP contribution in [0.1, 0.15) is 0 Å². The van der Waals surface area contributed by atoms with Crippen LogP contribution in [0.2, 0.25) is 0 Å². The SMILES string of the molecule is O.OB(O)O.[Cd].[Gd]. The van der Waals surface area contributed by atoms with Crippen LogP contribution in [0, 0.1) is 39.9 Å². The standard InChI is InChI=1S/BH3O3.Cd.Gd.H2O/c2-1(3)4;;;/h2-4H;;;1H2. The molecular formula is H5BCdGdO4. The molecule has 0 bridgehead atoms. The largest absolute Gasteiger partial charge is 0.631 e. The van der Waals surface area contributed by atoms with E-state index in [-0.39, 0.29) is 72.7 Å². The normalized spacial score (nSPS) is 3.86. The van der Waals surface area contributed by atoms with Gasteiger partial charge in [-0.1, -0.05) is 0 Å². The van der Waals surface area contributed by atoms with Crippen molar-refractivity contribution in [1.29, 1.82) is 0 Å². The fourth-order valence-electron chi connectivity index (χ4n) is 0. The minimum atomic E-state index is -2.17. The van der Waals surface area contributed by atoms with Crippen molar-refractivity contribution in [3.63, 3.8) is 0 Å². The van der Waals surface area contributed by atoms with E-state index in [1.54, 1.807) is 0 Å². The van der Waals surface area contributed by atoms with Gasteiger partial charge >= 0.3 is 7.32 Å². The Morgan fingerprint density at radius 3 is 1.00 bits per heavy atom. The van der Waals surface area contributed by atoms with Crippen molar-refractivity contribution in [3.05, 3.63) is 0 Å². The number of rotatable bonds is 0. The molecular weight excluding hydrogens is 344 g/mol. The Kier molecular flexibility index (Phi) is 51.4. The zero-order chi connectivity index (χ0) is 3.58. The van der Waals surface area contributed by atoms with E-state index in [0.29, 0.717) is 0 Å². The van der Waals surface area contributed by atoms with Crippen molar-refractivity contribution in [2.24, 2.45) is 0 Å². The zero-order valence-corrected chi connectivity index (χ0v) is 9.78. The fourth-order valence-corrected chi connectivity index (χ4v) is 0. The monoisotopic (exact) mass is 352 g/mol. The summed E-state index contributed by atoms with van der Waals surface area (Å²) in [4.78, 5) is 0. The summed E-state index contributed by atoms with van der Waals surface area (Å²) in [5, 5.41) is 21.5. The molecule has 0 radical (unpaired) electrons. The predicted molar refractivity (Wildman–Crippen MR) is 16.0 cm³/mol. The molecule has 0 aliphatic heterocycles. The van der Waals surface area contributed by atoms with Gasteiger partial charge in [0.05, 0.1) is 0 Å². The molecule has 0 heterocycles. The van der Waals surface area contributed by atoms with E-state index < -0.39 is 7.32 Å². The molecule has 0 saturated heterocycles. The third-order valence-electron chi connectivity index (χ3n) is 0. The zero-order valence-electron chi connectivity index (χ0n) is 3.48. The summed E-state index contributed by atoms with van der Waals surface area (Å²) in [7, 11) is -2.17. The molecule has 0 aromatic heterocycles. The fraction of sp³-hybridized carbons (Fsp3) is 0. The van der Waals surface area contributed by atoms with E-state index in [1.165, 1.54) is 0 Å². The predicted octanol–water partition coefficient (Wildman–Crippen LogP) is -2.88. The number of hydrogen-bond acceptors (Lipinski definition) is 3. The summed E-state index contributed by atoms with van der Waals surface area (Å²) in [6.07, 6.45) is 0. The summed E-state index contributed by atoms with van der Waals surface area (Å²) in [6, 6.07) is 0. The summed E-state index contributed by atoms with van der Waals surface area (Å²) in [6.45, 7) is 0. The van der Waals surface area contributed by atoms with Crippen LogP contribution in [0.15, 0.2) is 0 Å². The molecule has 0 amide bonds. The van der Waals surface area contributed by atoms with Gasteiger partial charge in [-0.2, -0.15) is 0 Å². The van der Waals surface area contributed by atoms with E-state index in [1.807, 2.05) is 0 Å². The summed E-state index contributed by atoms with van der Waals surface area (Å²) >= 11 is 0. The van der Waals surface area contributed by atoms with Gasteiger partial charge in [-0.15, -0.1) is 0 Å². The van der Waals surface area contributed by atoms with E-state index in [2.05, 4.69) is 0 Å². The summed E-state index contributed by atoms with van der Waals surface area (Å²) < 4.78 is 0. The maximum absolute atomic E-state index is 7.17. The first kappa shape index (κ1) is 22.9. The van der Waals surface area contributed by atoms with E-state index in [0.717, 1.165) is 0 Å². The molecule has 0 spiro atoms. The Labute approximate surface area is 93.6 Å². The van der Waals surface area contributed by atoms with Gasteiger partial charge < -0.3 is 20.5 Å². The van der Waals surface area contributed by atoms with Crippen molar-refractivity contribution in [2.45, 2.75) is 0 Å². The van der Waals surface area contributed by atoms with Crippen molar-refractivity contribution in [1.82, 2.24) is 0 Å². The van der Waals surface area contributed by atoms with Crippen LogP contribution >= 0.6 is 0 Å². The van der Waals surface area contributed by atoms with Crippen LogP contribution in [0.4, 0.5) is 0 Å². The third-order valence-corrected chi connectivity index (χ3v) is 0. The summed E-state index contributed by atoms with van der Waals surface area (Å²) in [5.74, 6) is 0. The van der Waals surface area contributed by atoms with Gasteiger partial charge in [0.2, 0.25) is 0 Å². The smallest absolute Gasteiger partial charge is 0.412 e. The molecule has 0 saturated carbocycles. The van der Waals surface area contributed by atoms with Gasteiger partial charge in [0, 0.05) is 67.2 Å². The maximum Gasteiger partial charge on any atom is 0.631 e. The van der Waals surface area contributed by atoms with E-state index in [4.69, 9.17) is 15.1 Å². The van der Waals surface area contributed by atoms with Gasteiger partial charge in [-0.25, -0.2) is 0 Å². The average Bonchev–Trinajstić information content (AvgIpc) is 0.811. The van der Waals surface area contributed by atoms with Crippen LogP contribution in [0.3, 0.4) is 0 Å². The van der Waals surface area contributed by atoms with Crippen LogP contribution in [0.5, 0.6) is 0 Å². The van der Waals surface area contributed by atoms with Crippen molar-refractivity contribution < 1.29 is 87.8 Å². The third kappa shape index (κ3) is 66.6. The molecule has 0 aliphatic rings. The molecule has 5 N–H and O–H groups in total. The molecule has 0 aromatic carbocycles. The Morgan fingerprint density at radius 2 is 1.00 bits per heavy atom. The van der Waals surface area contributed by atoms with Crippen LogP contribution < -0.4 is 0 Å². The summed E-state index contributed by atoms with van der Waals surface area (Å²) in [5.41, 5.74) is 0. The Bertz CT molecular complexity index is 16.4. The van der Waals surface area contributed by atoms with Gasteiger partial charge in [-0.05, 0) is 0 Å². The van der Waals surface area contributed by atoms with Crippen molar-refractivity contribution >= 4 is 7.32 Å². The first-order valence-corrected chi connectivity index (χ1v) is 0.775. The van der Waals surface area contributed by atoms with E-state index >= 15 is 0 Å². The molecule has 0 unspecified atom stereocenters. The molecule has 7 heteroatoms. The van der Waals surface area contributed by atoms with Gasteiger partial charge in [0.1, 0.15) is 0 Å². The van der Waals surface area contributed by atoms with Crippen LogP contribution in [0.25, 0.3) is 0 Å². The maximum atomic E-state index is 7.17. The second-order valence-electron chi connectivity index (χ2n) is 0.346. The second kappa shape index (κ2) is 15.7. The topological polar surface area (TPSA) is 92.2 Å². The van der Waals surface area contributed by atoms with E-state index in [9.17, 15) is 0 Å². The molecule has 4 nitrogen and oxygen atoms in total. The van der Waals surface area contributed by atoms with Gasteiger partial charge in [0.25, 0.3) is 0 Å². The average molecular weight is 350 g/mol. The van der Waals surface area contributed by atoms with Crippen molar-refractivity contribution in [3.8, 4) is 0 Å². The molecule has 0 rings (SSSR count). The Morgan fingerprint density at radius 1 is 1.00 bits per heavy atom. The molecule has 0 aromatic rings. The first-order chi connectivity index (χ1) is 1.73. The molecule has 42 valence electrons. The van der Waals surface area contributed by atoms with Gasteiger partial charge in [-0.3, -0.25) is 0 Å². The molecule has 7 heavy (non-hydrogen) atoms. The van der Waals surface area contributed by atoms with Gasteiger partial charge in [0.15, 0.2) is 0 Å². The number of hydrogen-bond donors (Lipinski definition) is 3. The Balaban J connectivity index is -0.0000000150. The molecule has 0 fully saturated rings. The second-order valence-corrected chi connectivity index (χ2v) is 0.346. The molecule has 0 atom stereocenters. The van der Waals surface area contributed by atoms with Crippen molar-refractivity contribution in [2.75, 3.05) is 0 Å². The quantitative estimate of drug-likeness (QED) is 0.410. The Hall–Kier alpha value is 2.15. The minimum Gasteiger partial charge on any atom is -0.412 e. The van der Waals surface area contributed by atoms with Crippen LogP contribution in [-0.2, 0) is 27.3 Å². The molecule has 0 aliphatic carbocycles. The minimum absolute atomic E-state index is 0.